The molecule has 3 nitrogen and oxygen atoms in total. The average Bonchev–Trinajstić information content (AvgIpc) is 3.03. The summed E-state index contributed by atoms with van der Waals surface area (Å²) >= 11 is 12.1. The molecule has 0 aromatic heterocycles. The first-order chi connectivity index (χ1) is 11.9. The summed E-state index contributed by atoms with van der Waals surface area (Å²) in [6.07, 6.45) is 1.34. The number of Topliss-reactive ketones (excluding diaryl/α,β-unsaturated/α-hetero) is 1. The standard InChI is InChI=1S/C19H20BCl2NO2/c1-20(25)23-10-9-19(13-23,12-14-5-3-2-4-6-14)18(24)15-7-8-16(21)17(22)11-15/h2-8,11,25H,9-10,12-13H2,1H3. The Morgan fingerprint density at radius 2 is 1.92 bits per heavy atom. The fourth-order valence-electron chi connectivity index (χ4n) is 3.56. The Kier molecular flexibility index (Phi) is 5.54. The van der Waals surface area contributed by atoms with E-state index in [1.165, 1.54) is 0 Å². The molecule has 0 bridgehead atoms. The van der Waals surface area contributed by atoms with E-state index in [1.807, 2.05) is 35.1 Å². The largest absolute Gasteiger partial charge is 0.437 e. The maximum absolute atomic E-state index is 13.4. The van der Waals surface area contributed by atoms with Gasteiger partial charge in [-0.2, -0.15) is 0 Å². The van der Waals surface area contributed by atoms with Gasteiger partial charge in [-0.3, -0.25) is 4.79 Å². The van der Waals surface area contributed by atoms with Crippen LogP contribution in [-0.2, 0) is 6.42 Å². The van der Waals surface area contributed by atoms with E-state index in [0.717, 1.165) is 5.56 Å². The van der Waals surface area contributed by atoms with Crippen molar-refractivity contribution in [1.82, 2.24) is 4.81 Å². The second-order valence-corrected chi connectivity index (χ2v) is 7.57. The van der Waals surface area contributed by atoms with Gasteiger partial charge in [-0.1, -0.05) is 53.5 Å². The van der Waals surface area contributed by atoms with Crippen LogP contribution in [0.25, 0.3) is 0 Å². The fourth-order valence-corrected chi connectivity index (χ4v) is 3.86. The molecule has 2 aromatic rings. The molecule has 0 spiro atoms. The molecule has 0 saturated carbocycles. The summed E-state index contributed by atoms with van der Waals surface area (Å²) in [5.74, 6) is 0.0538. The minimum absolute atomic E-state index is 0.0538. The van der Waals surface area contributed by atoms with Crippen LogP contribution in [0, 0.1) is 5.41 Å². The van der Waals surface area contributed by atoms with Crippen molar-refractivity contribution in [2.45, 2.75) is 19.7 Å². The van der Waals surface area contributed by atoms with Gasteiger partial charge in [0.1, 0.15) is 0 Å². The Morgan fingerprint density at radius 3 is 2.52 bits per heavy atom. The lowest BCUT2D eigenvalue weighted by Gasteiger charge is -2.29. The average molecular weight is 376 g/mol. The third-order valence-electron chi connectivity index (χ3n) is 4.96. The van der Waals surface area contributed by atoms with E-state index >= 15 is 0 Å². The molecular weight excluding hydrogens is 356 g/mol. The van der Waals surface area contributed by atoms with E-state index in [2.05, 4.69) is 0 Å². The van der Waals surface area contributed by atoms with Crippen molar-refractivity contribution in [3.8, 4) is 0 Å². The van der Waals surface area contributed by atoms with Gasteiger partial charge in [-0.25, -0.2) is 0 Å². The second kappa shape index (κ2) is 7.51. The second-order valence-electron chi connectivity index (χ2n) is 6.75. The SMILES string of the molecule is CB(O)N1CCC(Cc2ccccc2)(C(=O)c2ccc(Cl)c(Cl)c2)C1. The molecule has 1 atom stereocenters. The van der Waals surface area contributed by atoms with Crippen molar-refractivity contribution in [1.29, 1.82) is 0 Å². The maximum atomic E-state index is 13.4. The highest BCUT2D eigenvalue weighted by atomic mass is 35.5. The molecule has 1 aliphatic rings. The Bertz CT molecular complexity index is 769. The summed E-state index contributed by atoms with van der Waals surface area (Å²) in [5, 5.41) is 10.8. The van der Waals surface area contributed by atoms with Crippen LogP contribution in [0.4, 0.5) is 0 Å². The van der Waals surface area contributed by atoms with E-state index in [0.29, 0.717) is 41.5 Å². The van der Waals surface area contributed by atoms with E-state index in [4.69, 9.17) is 23.2 Å². The molecule has 1 saturated heterocycles. The first-order valence-electron chi connectivity index (χ1n) is 8.37. The molecule has 1 unspecified atom stereocenters. The number of hydrogen-bond acceptors (Lipinski definition) is 3. The van der Waals surface area contributed by atoms with Gasteiger partial charge in [0.25, 0.3) is 0 Å². The van der Waals surface area contributed by atoms with E-state index in [1.54, 1.807) is 25.0 Å². The van der Waals surface area contributed by atoms with Gasteiger partial charge >= 0.3 is 7.05 Å². The van der Waals surface area contributed by atoms with E-state index in [-0.39, 0.29) is 5.78 Å². The molecular formula is C19H20BCl2NO2. The predicted molar refractivity (Wildman–Crippen MR) is 103 cm³/mol. The lowest BCUT2D eigenvalue weighted by atomic mass is 9.74. The van der Waals surface area contributed by atoms with Crippen LogP contribution in [0.2, 0.25) is 16.9 Å². The lowest BCUT2D eigenvalue weighted by Crippen LogP contribution is -2.41. The minimum atomic E-state index is -0.574. The highest BCUT2D eigenvalue weighted by Gasteiger charge is 2.46. The van der Waals surface area contributed by atoms with E-state index in [9.17, 15) is 9.82 Å². The molecule has 1 fully saturated rings. The first-order valence-corrected chi connectivity index (χ1v) is 9.13. The van der Waals surface area contributed by atoms with Crippen LogP contribution in [-0.4, -0.2) is 35.8 Å². The normalized spacial score (nSPS) is 20.6. The summed E-state index contributed by atoms with van der Waals surface area (Å²) in [4.78, 5) is 15.3. The molecule has 0 radical (unpaired) electrons. The number of carbonyl (C=O) groups excluding carboxylic acids is 1. The summed E-state index contributed by atoms with van der Waals surface area (Å²) < 4.78 is 0. The van der Waals surface area contributed by atoms with Gasteiger partial charge < -0.3 is 9.83 Å². The summed E-state index contributed by atoms with van der Waals surface area (Å²) in [7, 11) is -0.570. The van der Waals surface area contributed by atoms with Crippen molar-refractivity contribution in [2.75, 3.05) is 13.1 Å². The molecule has 6 heteroatoms. The number of carbonyl (C=O) groups is 1. The maximum Gasteiger partial charge on any atom is 0.376 e. The highest BCUT2D eigenvalue weighted by Crippen LogP contribution is 2.38. The number of halogens is 2. The molecule has 0 aliphatic carbocycles. The van der Waals surface area contributed by atoms with Crippen LogP contribution in [0.15, 0.2) is 48.5 Å². The van der Waals surface area contributed by atoms with Gasteiger partial charge in [0.05, 0.1) is 15.5 Å². The van der Waals surface area contributed by atoms with Crippen LogP contribution in [0.1, 0.15) is 22.3 Å². The Hall–Kier alpha value is -1.33. The molecule has 3 rings (SSSR count). The van der Waals surface area contributed by atoms with Crippen LogP contribution in [0.3, 0.4) is 0 Å². The van der Waals surface area contributed by atoms with Crippen molar-refractivity contribution in [2.24, 2.45) is 5.41 Å². The number of hydrogen-bond donors (Lipinski definition) is 1. The molecule has 2 aromatic carbocycles. The Morgan fingerprint density at radius 1 is 1.20 bits per heavy atom. The lowest BCUT2D eigenvalue weighted by molar-refractivity contribution is 0.0807. The van der Waals surface area contributed by atoms with Gasteiger partial charge in [-0.05, 0) is 50.0 Å². The number of ketones is 1. The summed E-state index contributed by atoms with van der Waals surface area (Å²) in [6, 6.07) is 15.0. The quantitative estimate of drug-likeness (QED) is 0.628. The van der Waals surface area contributed by atoms with Crippen LogP contribution in [0.5, 0.6) is 0 Å². The minimum Gasteiger partial charge on any atom is -0.437 e. The third-order valence-corrected chi connectivity index (χ3v) is 5.70. The van der Waals surface area contributed by atoms with E-state index < -0.39 is 12.5 Å². The Balaban J connectivity index is 1.96. The Labute approximate surface area is 158 Å². The first kappa shape index (κ1) is 18.5. The van der Waals surface area contributed by atoms with Crippen molar-refractivity contribution in [3.05, 3.63) is 69.7 Å². The van der Waals surface area contributed by atoms with Gasteiger partial charge in [-0.15, -0.1) is 0 Å². The van der Waals surface area contributed by atoms with Gasteiger partial charge in [0.2, 0.25) is 0 Å². The van der Waals surface area contributed by atoms with Crippen molar-refractivity contribution in [3.63, 3.8) is 0 Å². The number of nitrogens with zero attached hydrogens (tertiary/aromatic N) is 1. The zero-order valence-electron chi connectivity index (χ0n) is 14.1. The van der Waals surface area contributed by atoms with Gasteiger partial charge in [0, 0.05) is 12.1 Å². The van der Waals surface area contributed by atoms with Gasteiger partial charge in [0.15, 0.2) is 5.78 Å². The third kappa shape index (κ3) is 3.93. The summed E-state index contributed by atoms with van der Waals surface area (Å²) in [6.45, 7) is 2.96. The number of benzene rings is 2. The molecule has 25 heavy (non-hydrogen) atoms. The number of rotatable bonds is 5. The molecule has 1 aliphatic heterocycles. The monoisotopic (exact) mass is 375 g/mol. The molecule has 130 valence electrons. The van der Waals surface area contributed by atoms with Crippen LogP contribution >= 0.6 is 23.2 Å². The predicted octanol–water partition coefficient (Wildman–Crippen LogP) is 4.22. The van der Waals surface area contributed by atoms with Crippen molar-refractivity contribution >= 4 is 36.0 Å². The molecule has 1 N–H and O–H groups in total. The zero-order chi connectivity index (χ0) is 18.0. The zero-order valence-corrected chi connectivity index (χ0v) is 15.6. The highest BCUT2D eigenvalue weighted by molar-refractivity contribution is 6.45. The summed E-state index contributed by atoms with van der Waals surface area (Å²) in [5.41, 5.74) is 1.11. The topological polar surface area (TPSA) is 40.5 Å². The van der Waals surface area contributed by atoms with Crippen LogP contribution < -0.4 is 0 Å². The smallest absolute Gasteiger partial charge is 0.376 e. The molecule has 0 amide bonds. The fraction of sp³-hybridized carbons (Fsp3) is 0.316. The molecule has 1 heterocycles. The van der Waals surface area contributed by atoms with Crippen molar-refractivity contribution < 1.29 is 9.82 Å².